The summed E-state index contributed by atoms with van der Waals surface area (Å²) in [5.41, 5.74) is 2.64. The van der Waals surface area contributed by atoms with Crippen molar-refractivity contribution in [1.29, 1.82) is 0 Å². The monoisotopic (exact) mass is 328 g/mol. The van der Waals surface area contributed by atoms with Crippen LogP contribution in [-0.4, -0.2) is 20.5 Å². The molecule has 118 valence electrons. The van der Waals surface area contributed by atoms with Crippen molar-refractivity contribution in [2.24, 2.45) is 5.41 Å². The highest BCUT2D eigenvalue weighted by Gasteiger charge is 2.41. The van der Waals surface area contributed by atoms with Crippen LogP contribution in [0.1, 0.15) is 38.3 Å². The molecule has 0 spiro atoms. The lowest BCUT2D eigenvalue weighted by Crippen LogP contribution is -2.36. The molecule has 0 amide bonds. The molecule has 6 heteroatoms. The number of fused-ring (bicyclic) bond motifs is 1. The first-order valence-corrected chi connectivity index (χ1v) is 8.01. The molecule has 0 saturated carbocycles. The summed E-state index contributed by atoms with van der Waals surface area (Å²) in [6.45, 7) is 4.23. The van der Waals surface area contributed by atoms with Gasteiger partial charge in [0.25, 0.3) is 0 Å². The van der Waals surface area contributed by atoms with Gasteiger partial charge in [0.05, 0.1) is 0 Å². The molecule has 1 N–H and O–H groups in total. The summed E-state index contributed by atoms with van der Waals surface area (Å²) in [6.07, 6.45) is 2.86. The Bertz CT molecular complexity index is 837. The minimum atomic E-state index is -0.272. The molecule has 1 aliphatic carbocycles. The molecule has 0 bridgehead atoms. The summed E-state index contributed by atoms with van der Waals surface area (Å²) < 4.78 is 1.76. The number of halogens is 1. The predicted molar refractivity (Wildman–Crippen MR) is 88.3 cm³/mol. The van der Waals surface area contributed by atoms with Crippen LogP contribution in [0.3, 0.4) is 0 Å². The van der Waals surface area contributed by atoms with Gasteiger partial charge in [-0.3, -0.25) is 4.79 Å². The molecule has 0 saturated heterocycles. The Balaban J connectivity index is 1.91. The summed E-state index contributed by atoms with van der Waals surface area (Å²) in [7, 11) is 0. The van der Waals surface area contributed by atoms with E-state index in [1.54, 1.807) is 4.68 Å². The van der Waals surface area contributed by atoms with Gasteiger partial charge in [-0.05, 0) is 29.5 Å². The van der Waals surface area contributed by atoms with E-state index in [0.717, 1.165) is 23.3 Å². The molecule has 1 aliphatic heterocycles. The Morgan fingerprint density at radius 3 is 2.96 bits per heavy atom. The Labute approximate surface area is 139 Å². The van der Waals surface area contributed by atoms with Crippen molar-refractivity contribution in [3.63, 3.8) is 0 Å². The van der Waals surface area contributed by atoms with Crippen LogP contribution in [0.5, 0.6) is 0 Å². The van der Waals surface area contributed by atoms with Crippen LogP contribution in [-0.2, 0) is 4.79 Å². The molecular formula is C17H17ClN4O. The largest absolute Gasteiger partial charge is 0.328 e. The zero-order valence-electron chi connectivity index (χ0n) is 13.0. The number of carbonyl (C=O) groups is 1. The normalized spacial score (nSPS) is 22.4. The fourth-order valence-corrected chi connectivity index (χ4v) is 3.73. The Morgan fingerprint density at radius 1 is 1.35 bits per heavy atom. The van der Waals surface area contributed by atoms with Crippen LogP contribution < -0.4 is 5.32 Å². The third-order valence-corrected chi connectivity index (χ3v) is 4.67. The van der Waals surface area contributed by atoms with Crippen molar-refractivity contribution in [3.05, 3.63) is 52.4 Å². The molecule has 1 aromatic carbocycles. The van der Waals surface area contributed by atoms with Gasteiger partial charge in [-0.25, -0.2) is 4.68 Å². The van der Waals surface area contributed by atoms with Gasteiger partial charge in [0.2, 0.25) is 5.95 Å². The van der Waals surface area contributed by atoms with Gasteiger partial charge in [-0.2, -0.15) is 10.1 Å². The number of benzene rings is 1. The Hall–Kier alpha value is -2.14. The van der Waals surface area contributed by atoms with E-state index in [4.69, 9.17) is 11.6 Å². The number of carbonyl (C=O) groups excluding carboxylic acids is 1. The summed E-state index contributed by atoms with van der Waals surface area (Å²) in [5.74, 6) is 0.828. The number of allylic oxidation sites excluding steroid dienone is 2. The van der Waals surface area contributed by atoms with E-state index in [1.165, 1.54) is 6.33 Å². The van der Waals surface area contributed by atoms with Gasteiger partial charge in [-0.1, -0.05) is 37.6 Å². The maximum atomic E-state index is 12.9. The highest BCUT2D eigenvalue weighted by Crippen LogP contribution is 2.45. The highest BCUT2D eigenvalue weighted by atomic mass is 35.5. The van der Waals surface area contributed by atoms with Gasteiger partial charge < -0.3 is 5.32 Å². The second-order valence-corrected chi connectivity index (χ2v) is 7.38. The summed E-state index contributed by atoms with van der Waals surface area (Å²) in [4.78, 5) is 17.1. The molecule has 5 nitrogen and oxygen atoms in total. The second kappa shape index (κ2) is 4.93. The highest BCUT2D eigenvalue weighted by molar-refractivity contribution is 6.30. The van der Waals surface area contributed by atoms with E-state index in [-0.39, 0.29) is 17.2 Å². The quantitative estimate of drug-likeness (QED) is 0.869. The second-order valence-electron chi connectivity index (χ2n) is 6.94. The topological polar surface area (TPSA) is 59.8 Å². The minimum absolute atomic E-state index is 0.0516. The van der Waals surface area contributed by atoms with Gasteiger partial charge in [-0.15, -0.1) is 0 Å². The van der Waals surface area contributed by atoms with Crippen LogP contribution in [0.4, 0.5) is 5.95 Å². The molecule has 1 aromatic heterocycles. The van der Waals surface area contributed by atoms with Crippen molar-refractivity contribution in [2.45, 2.75) is 32.7 Å². The first kappa shape index (κ1) is 14.5. The van der Waals surface area contributed by atoms with Crippen LogP contribution in [0.2, 0.25) is 5.02 Å². The number of Topliss-reactive ketones (excluding diaryl/α,β-unsaturated/α-hetero) is 1. The first-order valence-electron chi connectivity index (χ1n) is 7.63. The minimum Gasteiger partial charge on any atom is -0.328 e. The van der Waals surface area contributed by atoms with Crippen LogP contribution >= 0.6 is 11.6 Å². The number of hydrogen-bond acceptors (Lipinski definition) is 4. The maximum absolute atomic E-state index is 12.9. The van der Waals surface area contributed by atoms with Gasteiger partial charge in [0.15, 0.2) is 5.78 Å². The molecule has 2 heterocycles. The van der Waals surface area contributed by atoms with Crippen molar-refractivity contribution in [1.82, 2.24) is 14.8 Å². The summed E-state index contributed by atoms with van der Waals surface area (Å²) in [6, 6.07) is 7.32. The fraction of sp³-hybridized carbons (Fsp3) is 0.353. The van der Waals surface area contributed by atoms with Crippen LogP contribution in [0.25, 0.3) is 0 Å². The van der Waals surface area contributed by atoms with E-state index in [1.807, 2.05) is 24.3 Å². The van der Waals surface area contributed by atoms with E-state index in [2.05, 4.69) is 29.2 Å². The number of ketones is 1. The lowest BCUT2D eigenvalue weighted by Gasteiger charge is -2.38. The van der Waals surface area contributed by atoms with E-state index in [9.17, 15) is 4.79 Å². The van der Waals surface area contributed by atoms with Crippen molar-refractivity contribution >= 4 is 23.3 Å². The summed E-state index contributed by atoms with van der Waals surface area (Å²) >= 11 is 6.16. The average molecular weight is 329 g/mol. The lowest BCUT2D eigenvalue weighted by atomic mass is 9.73. The molecule has 0 fully saturated rings. The number of rotatable bonds is 1. The number of nitrogens with zero attached hydrogens (tertiary/aromatic N) is 3. The standard InChI is InChI=1S/C17H17ClN4O/c1-17(2)7-12-14(13(23)8-17)15(10-4-3-5-11(18)6-10)22-16(21-12)19-9-20-22/h3-6,9,15H,7-8H2,1-2H3,(H,19,20,21)/t15-/m0/s1. The molecule has 0 unspecified atom stereocenters. The number of aromatic nitrogens is 3. The Kier molecular flexibility index (Phi) is 3.10. The van der Waals surface area contributed by atoms with Gasteiger partial charge in [0.1, 0.15) is 12.4 Å². The predicted octanol–water partition coefficient (Wildman–Crippen LogP) is 3.59. The molecule has 1 atom stereocenters. The third kappa shape index (κ3) is 2.36. The van der Waals surface area contributed by atoms with Crippen LogP contribution in [0, 0.1) is 5.41 Å². The van der Waals surface area contributed by atoms with Crippen molar-refractivity contribution in [3.8, 4) is 0 Å². The number of anilines is 1. The van der Waals surface area contributed by atoms with E-state index in [0.29, 0.717) is 17.4 Å². The fourth-order valence-electron chi connectivity index (χ4n) is 3.53. The molecule has 23 heavy (non-hydrogen) atoms. The zero-order chi connectivity index (χ0) is 16.2. The van der Waals surface area contributed by atoms with E-state index < -0.39 is 0 Å². The van der Waals surface area contributed by atoms with E-state index >= 15 is 0 Å². The number of nitrogens with one attached hydrogen (secondary N) is 1. The third-order valence-electron chi connectivity index (χ3n) is 4.44. The molecule has 0 radical (unpaired) electrons. The molecule has 2 aliphatic rings. The SMILES string of the molecule is CC1(C)CC(=O)C2=C(C1)Nc1ncnn1[C@H]2c1cccc(Cl)c1. The first-order chi connectivity index (χ1) is 10.9. The zero-order valence-corrected chi connectivity index (χ0v) is 13.8. The molecular weight excluding hydrogens is 312 g/mol. The number of hydrogen-bond donors (Lipinski definition) is 1. The van der Waals surface area contributed by atoms with Crippen LogP contribution in [0.15, 0.2) is 41.9 Å². The van der Waals surface area contributed by atoms with Crippen molar-refractivity contribution < 1.29 is 4.79 Å². The summed E-state index contributed by atoms with van der Waals surface area (Å²) in [5, 5.41) is 8.26. The smallest absolute Gasteiger partial charge is 0.226 e. The van der Waals surface area contributed by atoms with Gasteiger partial charge in [0, 0.05) is 22.7 Å². The molecule has 4 rings (SSSR count). The van der Waals surface area contributed by atoms with Crippen molar-refractivity contribution in [2.75, 3.05) is 5.32 Å². The average Bonchev–Trinajstić information content (AvgIpc) is 2.91. The maximum Gasteiger partial charge on any atom is 0.226 e. The van der Waals surface area contributed by atoms with Gasteiger partial charge >= 0.3 is 0 Å². The molecule has 2 aromatic rings. The lowest BCUT2D eigenvalue weighted by molar-refractivity contribution is -0.118. The Morgan fingerprint density at radius 2 is 2.17 bits per heavy atom.